The predicted molar refractivity (Wildman–Crippen MR) is 58.7 cm³/mol. The average molecular weight is 215 g/mol. The third-order valence-corrected chi connectivity index (χ3v) is 3.61. The Kier molecular flexibility index (Phi) is 2.06. The van der Waals surface area contributed by atoms with E-state index >= 15 is 0 Å². The van der Waals surface area contributed by atoms with Gasteiger partial charge in [0.15, 0.2) is 0 Å². The van der Waals surface area contributed by atoms with Gasteiger partial charge in [0.05, 0.1) is 0 Å². The summed E-state index contributed by atoms with van der Waals surface area (Å²) in [5.41, 5.74) is 1.18. The fourth-order valence-electron chi connectivity index (χ4n) is 2.87. The van der Waals surface area contributed by atoms with E-state index in [1.807, 2.05) is 30.3 Å². The van der Waals surface area contributed by atoms with E-state index in [9.17, 15) is 9.59 Å². The van der Waals surface area contributed by atoms with Crippen LogP contribution >= 0.6 is 0 Å². The van der Waals surface area contributed by atoms with Crippen molar-refractivity contribution in [2.45, 2.75) is 31.2 Å². The molecule has 1 aromatic carbocycles. The van der Waals surface area contributed by atoms with Crippen LogP contribution in [0.4, 0.5) is 0 Å². The number of nitrogens with zero attached hydrogens (tertiary/aromatic N) is 1. The number of carbonyl (C=O) groups is 2. The maximum absolute atomic E-state index is 11.8. The predicted octanol–water partition coefficient (Wildman–Crippen LogP) is 1.69. The monoisotopic (exact) mass is 215 g/mol. The quantitative estimate of drug-likeness (QED) is 0.668. The highest BCUT2D eigenvalue weighted by Gasteiger charge is 2.47. The molecule has 2 aliphatic heterocycles. The normalized spacial score (nSPS) is 28.6. The number of carbonyl (C=O) groups excluding carboxylic acids is 2. The summed E-state index contributed by atoms with van der Waals surface area (Å²) in [4.78, 5) is 24.8. The van der Waals surface area contributed by atoms with Crippen LogP contribution < -0.4 is 0 Å². The zero-order valence-corrected chi connectivity index (χ0v) is 8.93. The van der Waals surface area contributed by atoms with Crippen molar-refractivity contribution in [2.24, 2.45) is 0 Å². The number of hydrogen-bond donors (Lipinski definition) is 0. The molecule has 82 valence electrons. The van der Waals surface area contributed by atoms with Crippen LogP contribution in [0.2, 0.25) is 0 Å². The van der Waals surface area contributed by atoms with Crippen molar-refractivity contribution in [3.8, 4) is 0 Å². The molecule has 0 spiro atoms. The Bertz CT molecular complexity index is 441. The number of rotatable bonds is 1. The Labute approximate surface area is 94.1 Å². The van der Waals surface area contributed by atoms with Gasteiger partial charge in [0.1, 0.15) is 0 Å². The molecule has 2 aliphatic rings. The summed E-state index contributed by atoms with van der Waals surface area (Å²) in [5, 5.41) is 0. The summed E-state index contributed by atoms with van der Waals surface area (Å²) < 4.78 is 0. The van der Waals surface area contributed by atoms with Gasteiger partial charge in [-0.25, -0.2) is 0 Å². The highest BCUT2D eigenvalue weighted by atomic mass is 16.2. The van der Waals surface area contributed by atoms with Gasteiger partial charge in [-0.05, 0) is 12.0 Å². The molecule has 2 heterocycles. The van der Waals surface area contributed by atoms with Crippen molar-refractivity contribution >= 4 is 11.8 Å². The van der Waals surface area contributed by atoms with Crippen LogP contribution in [0.3, 0.4) is 0 Å². The molecule has 0 aliphatic carbocycles. The van der Waals surface area contributed by atoms with Crippen molar-refractivity contribution < 1.29 is 9.59 Å². The van der Waals surface area contributed by atoms with Crippen molar-refractivity contribution in [2.75, 3.05) is 0 Å². The van der Waals surface area contributed by atoms with Gasteiger partial charge >= 0.3 is 0 Å². The Morgan fingerprint density at radius 1 is 1.06 bits per heavy atom. The van der Waals surface area contributed by atoms with E-state index in [0.29, 0.717) is 12.8 Å². The lowest BCUT2D eigenvalue weighted by Crippen LogP contribution is -2.32. The summed E-state index contributed by atoms with van der Waals surface area (Å²) >= 11 is 0. The van der Waals surface area contributed by atoms with E-state index < -0.39 is 0 Å². The second-order valence-corrected chi connectivity index (χ2v) is 4.48. The summed E-state index contributed by atoms with van der Waals surface area (Å²) in [6, 6.07) is 10.1. The van der Waals surface area contributed by atoms with Crippen LogP contribution in [-0.4, -0.2) is 22.8 Å². The van der Waals surface area contributed by atoms with Gasteiger partial charge in [-0.3, -0.25) is 14.5 Å². The molecular formula is C13H13NO2. The van der Waals surface area contributed by atoms with Crippen molar-refractivity contribution in [1.29, 1.82) is 0 Å². The zero-order chi connectivity index (χ0) is 11.1. The fraction of sp³-hybridized carbons (Fsp3) is 0.385. The summed E-state index contributed by atoms with van der Waals surface area (Å²) in [6.45, 7) is 0. The van der Waals surface area contributed by atoms with E-state index in [-0.39, 0.29) is 23.8 Å². The van der Waals surface area contributed by atoms with Crippen molar-refractivity contribution in [3.63, 3.8) is 0 Å². The second kappa shape index (κ2) is 3.44. The van der Waals surface area contributed by atoms with Crippen LogP contribution in [0.5, 0.6) is 0 Å². The zero-order valence-electron chi connectivity index (χ0n) is 8.93. The van der Waals surface area contributed by atoms with Gasteiger partial charge in [0.25, 0.3) is 0 Å². The van der Waals surface area contributed by atoms with Gasteiger partial charge < -0.3 is 0 Å². The second-order valence-electron chi connectivity index (χ2n) is 4.48. The first-order valence-corrected chi connectivity index (χ1v) is 5.67. The number of fused-ring (bicyclic) bond motifs is 1. The molecule has 0 saturated carbocycles. The molecule has 3 heteroatoms. The number of imide groups is 1. The van der Waals surface area contributed by atoms with Crippen LogP contribution in [0.15, 0.2) is 30.3 Å². The van der Waals surface area contributed by atoms with Gasteiger partial charge in [-0.15, -0.1) is 0 Å². The molecule has 3 rings (SSSR count). The molecule has 2 amide bonds. The lowest BCUT2D eigenvalue weighted by Gasteiger charge is -2.18. The Hall–Kier alpha value is -1.64. The average Bonchev–Trinajstić information content (AvgIpc) is 2.83. The lowest BCUT2D eigenvalue weighted by molar-refractivity contribution is -0.140. The molecule has 2 atom stereocenters. The number of amides is 2. The van der Waals surface area contributed by atoms with Gasteiger partial charge in [0.2, 0.25) is 11.8 Å². The maximum Gasteiger partial charge on any atom is 0.230 e. The Morgan fingerprint density at radius 3 is 2.56 bits per heavy atom. The van der Waals surface area contributed by atoms with Gasteiger partial charge in [-0.2, -0.15) is 0 Å². The third-order valence-electron chi connectivity index (χ3n) is 3.61. The molecule has 0 aromatic heterocycles. The maximum atomic E-state index is 11.8. The number of benzene rings is 1. The van der Waals surface area contributed by atoms with E-state index in [1.54, 1.807) is 0 Å². The van der Waals surface area contributed by atoms with E-state index in [4.69, 9.17) is 0 Å². The highest BCUT2D eigenvalue weighted by Crippen LogP contribution is 2.40. The molecule has 1 aromatic rings. The van der Waals surface area contributed by atoms with E-state index in [0.717, 1.165) is 6.42 Å². The first-order chi connectivity index (χ1) is 7.77. The molecule has 2 saturated heterocycles. The molecule has 0 bridgehead atoms. The summed E-state index contributed by atoms with van der Waals surface area (Å²) in [5.74, 6) is 0.218. The van der Waals surface area contributed by atoms with Crippen molar-refractivity contribution in [3.05, 3.63) is 35.9 Å². The van der Waals surface area contributed by atoms with Crippen LogP contribution in [0.25, 0.3) is 0 Å². The van der Waals surface area contributed by atoms with Crippen LogP contribution in [0, 0.1) is 0 Å². The summed E-state index contributed by atoms with van der Waals surface area (Å²) in [7, 11) is 0. The van der Waals surface area contributed by atoms with Crippen LogP contribution in [-0.2, 0) is 9.59 Å². The van der Waals surface area contributed by atoms with Crippen LogP contribution in [0.1, 0.15) is 30.7 Å². The molecule has 3 nitrogen and oxygen atoms in total. The fourth-order valence-corrected chi connectivity index (χ4v) is 2.87. The van der Waals surface area contributed by atoms with Crippen molar-refractivity contribution in [1.82, 2.24) is 4.90 Å². The molecule has 16 heavy (non-hydrogen) atoms. The molecule has 0 unspecified atom stereocenters. The van der Waals surface area contributed by atoms with E-state index in [1.165, 1.54) is 10.5 Å². The van der Waals surface area contributed by atoms with E-state index in [2.05, 4.69) is 0 Å². The smallest absolute Gasteiger partial charge is 0.230 e. The SMILES string of the molecule is O=C1CC[C@H]2[C@@H](c3ccccc3)CC(=O)N12. The minimum Gasteiger partial charge on any atom is -0.279 e. The number of hydrogen-bond acceptors (Lipinski definition) is 2. The van der Waals surface area contributed by atoms with Gasteiger partial charge in [-0.1, -0.05) is 30.3 Å². The third kappa shape index (κ3) is 1.28. The topological polar surface area (TPSA) is 37.4 Å². The Morgan fingerprint density at radius 2 is 1.81 bits per heavy atom. The Balaban J connectivity index is 1.95. The summed E-state index contributed by atoms with van der Waals surface area (Å²) in [6.07, 6.45) is 1.84. The first-order valence-electron chi connectivity index (χ1n) is 5.67. The standard InChI is InChI=1S/C13H13NO2/c15-12-7-6-11-10(8-13(16)14(11)12)9-4-2-1-3-5-9/h1-5,10-11H,6-8H2/t10-,11+/m1/s1. The molecular weight excluding hydrogens is 202 g/mol. The minimum absolute atomic E-state index is 0.00125. The molecule has 0 N–H and O–H groups in total. The minimum atomic E-state index is 0.00125. The van der Waals surface area contributed by atoms with Gasteiger partial charge in [0, 0.05) is 24.8 Å². The highest BCUT2D eigenvalue weighted by molar-refractivity contribution is 5.99. The lowest BCUT2D eigenvalue weighted by atomic mass is 9.90. The molecule has 2 fully saturated rings. The largest absolute Gasteiger partial charge is 0.279 e. The first kappa shape index (κ1) is 9.58. The molecule has 0 radical (unpaired) electrons.